The molecule has 8 nitrogen and oxygen atoms in total. The average Bonchev–Trinajstić information content (AvgIpc) is 3.62. The Kier molecular flexibility index (Phi) is 9.64. The minimum absolute atomic E-state index is 0.0622. The number of halogens is 6. The van der Waals surface area contributed by atoms with Crippen molar-refractivity contribution in [3.8, 4) is 0 Å². The maximum Gasteiger partial charge on any atom is 0.416 e. The van der Waals surface area contributed by atoms with E-state index in [4.69, 9.17) is 9.47 Å². The Morgan fingerprint density at radius 2 is 1.47 bits per heavy atom. The van der Waals surface area contributed by atoms with Crippen molar-refractivity contribution in [1.82, 2.24) is 19.7 Å². The van der Waals surface area contributed by atoms with Gasteiger partial charge in [0.1, 0.15) is 19.3 Å². The molecule has 0 saturated carbocycles. The number of piperidine rings is 1. The molecule has 1 aromatic heterocycles. The van der Waals surface area contributed by atoms with Crippen LogP contribution in [0.15, 0.2) is 91.5 Å². The van der Waals surface area contributed by atoms with E-state index >= 15 is 0 Å². The van der Waals surface area contributed by atoms with E-state index in [1.165, 1.54) is 24.5 Å². The smallest absolute Gasteiger partial charge is 0.416 e. The van der Waals surface area contributed by atoms with Gasteiger partial charge in [-0.3, -0.25) is 4.90 Å². The summed E-state index contributed by atoms with van der Waals surface area (Å²) in [6, 6.07) is 19.0. The van der Waals surface area contributed by atoms with Crippen molar-refractivity contribution in [1.29, 1.82) is 0 Å². The molecule has 0 aliphatic carbocycles. The van der Waals surface area contributed by atoms with Crippen LogP contribution in [0.25, 0.3) is 0 Å². The van der Waals surface area contributed by atoms with Crippen LogP contribution >= 0.6 is 0 Å². The lowest BCUT2D eigenvalue weighted by Gasteiger charge is -2.53. The lowest BCUT2D eigenvalue weighted by atomic mass is 9.74. The highest BCUT2D eigenvalue weighted by Crippen LogP contribution is 2.45. The van der Waals surface area contributed by atoms with E-state index in [-0.39, 0.29) is 44.2 Å². The molecule has 1 saturated heterocycles. The summed E-state index contributed by atoms with van der Waals surface area (Å²) in [5.41, 5.74) is -4.31. The summed E-state index contributed by atoms with van der Waals surface area (Å²) >= 11 is 0. The summed E-state index contributed by atoms with van der Waals surface area (Å²) in [6.07, 6.45) is -8.79. The van der Waals surface area contributed by atoms with Gasteiger partial charge in [0.25, 0.3) is 0 Å². The standard InChI is InChI=1S/C33H32F6N4O4/c1-23(25-14-27(32(34,35)36)16-28(15-25)33(37,38)39)47-20-31(26-10-6-3-7-11-26)13-12-30(19-44,42-21-40-41-22-42)18-43(31)29(45)46-17-24-8-4-2-5-9-24/h2-11,14-16,21-23,44H,12-13,17-20H2,1H3/t23-,30-,31-/m1/s1. The van der Waals surface area contributed by atoms with Gasteiger partial charge in [0.2, 0.25) is 0 Å². The number of carbonyl (C=O) groups excluding carboxylic acids is 1. The van der Waals surface area contributed by atoms with Crippen LogP contribution in [-0.4, -0.2) is 50.6 Å². The number of nitrogens with zero attached hydrogens (tertiary/aromatic N) is 4. The third-order valence-corrected chi connectivity index (χ3v) is 8.62. The van der Waals surface area contributed by atoms with Gasteiger partial charge in [0, 0.05) is 0 Å². The zero-order valence-corrected chi connectivity index (χ0v) is 25.2. The van der Waals surface area contributed by atoms with Crippen LogP contribution in [0.5, 0.6) is 0 Å². The number of carbonyl (C=O) groups is 1. The monoisotopic (exact) mass is 662 g/mol. The number of hydrogen-bond acceptors (Lipinski definition) is 6. The Morgan fingerprint density at radius 1 is 0.894 bits per heavy atom. The molecule has 0 radical (unpaired) electrons. The van der Waals surface area contributed by atoms with Crippen molar-refractivity contribution in [2.45, 2.75) is 55.9 Å². The number of ether oxygens (including phenoxy) is 2. The predicted octanol–water partition coefficient (Wildman–Crippen LogP) is 7.11. The van der Waals surface area contributed by atoms with Crippen molar-refractivity contribution in [2.24, 2.45) is 0 Å². The minimum atomic E-state index is -5.03. The second kappa shape index (κ2) is 13.4. The summed E-state index contributed by atoms with van der Waals surface area (Å²) < 4.78 is 95.2. The summed E-state index contributed by atoms with van der Waals surface area (Å²) in [7, 11) is 0. The Labute approximate surface area is 266 Å². The van der Waals surface area contributed by atoms with E-state index in [0.717, 1.165) is 0 Å². The maximum atomic E-state index is 14.0. The molecule has 1 N–H and O–H groups in total. The SMILES string of the molecule is C[C@@H](OC[C@@]1(c2ccccc2)CC[C@@](CO)(n2cnnc2)CN1C(=O)OCc1ccccc1)c1cc(C(F)(F)F)cc(C(F)(F)F)c1. The third kappa shape index (κ3) is 7.28. The fourth-order valence-corrected chi connectivity index (χ4v) is 5.86. The molecule has 250 valence electrons. The molecule has 5 rings (SSSR count). The number of benzene rings is 3. The van der Waals surface area contributed by atoms with Gasteiger partial charge in [-0.2, -0.15) is 26.3 Å². The molecular formula is C33H32F6N4O4. The number of amides is 1. The molecule has 0 spiro atoms. The van der Waals surface area contributed by atoms with Crippen LogP contribution in [0.4, 0.5) is 31.1 Å². The largest absolute Gasteiger partial charge is 0.445 e. The zero-order valence-electron chi connectivity index (χ0n) is 25.2. The van der Waals surface area contributed by atoms with Gasteiger partial charge in [-0.05, 0) is 54.7 Å². The first-order valence-corrected chi connectivity index (χ1v) is 14.7. The number of rotatable bonds is 9. The number of aromatic nitrogens is 3. The van der Waals surface area contributed by atoms with E-state index in [9.17, 15) is 36.2 Å². The molecule has 1 aliphatic heterocycles. The fourth-order valence-electron chi connectivity index (χ4n) is 5.86. The van der Waals surface area contributed by atoms with E-state index < -0.39 is 53.4 Å². The fraction of sp³-hybridized carbons (Fsp3) is 0.364. The molecule has 3 aromatic carbocycles. The topological polar surface area (TPSA) is 89.7 Å². The van der Waals surface area contributed by atoms with Gasteiger partial charge in [-0.15, -0.1) is 10.2 Å². The van der Waals surface area contributed by atoms with Crippen LogP contribution in [0.2, 0.25) is 0 Å². The first-order chi connectivity index (χ1) is 22.3. The van der Waals surface area contributed by atoms with Gasteiger partial charge >= 0.3 is 18.4 Å². The molecule has 1 amide bonds. The van der Waals surface area contributed by atoms with Crippen LogP contribution in [0.3, 0.4) is 0 Å². The van der Waals surface area contributed by atoms with Gasteiger partial charge in [-0.25, -0.2) is 4.79 Å². The second-order valence-electron chi connectivity index (χ2n) is 11.6. The zero-order chi connectivity index (χ0) is 33.9. The number of aliphatic hydroxyl groups excluding tert-OH is 1. The molecule has 14 heteroatoms. The first-order valence-electron chi connectivity index (χ1n) is 14.7. The highest BCUT2D eigenvalue weighted by atomic mass is 19.4. The number of aliphatic hydroxyl groups is 1. The quantitative estimate of drug-likeness (QED) is 0.192. The molecule has 47 heavy (non-hydrogen) atoms. The van der Waals surface area contributed by atoms with E-state index in [1.807, 2.05) is 6.07 Å². The molecule has 1 aliphatic rings. The second-order valence-corrected chi connectivity index (χ2v) is 11.6. The number of hydrogen-bond donors (Lipinski definition) is 1. The van der Waals surface area contributed by atoms with Gasteiger partial charge in [0.15, 0.2) is 0 Å². The van der Waals surface area contributed by atoms with Gasteiger partial charge in [-0.1, -0.05) is 60.7 Å². The molecule has 0 unspecified atom stereocenters. The number of alkyl halides is 6. The minimum Gasteiger partial charge on any atom is -0.445 e. The molecule has 3 atom stereocenters. The molecule has 0 bridgehead atoms. The average molecular weight is 663 g/mol. The van der Waals surface area contributed by atoms with E-state index in [1.54, 1.807) is 59.2 Å². The first kappa shape index (κ1) is 33.9. The predicted molar refractivity (Wildman–Crippen MR) is 157 cm³/mol. The Hall–Kier alpha value is -4.43. The van der Waals surface area contributed by atoms with Gasteiger partial charge < -0.3 is 19.1 Å². The van der Waals surface area contributed by atoms with E-state index in [2.05, 4.69) is 10.2 Å². The Balaban J connectivity index is 1.53. The molecule has 4 aromatic rings. The van der Waals surface area contributed by atoms with Crippen LogP contribution in [0, 0.1) is 0 Å². The van der Waals surface area contributed by atoms with Crippen LogP contribution in [0.1, 0.15) is 53.7 Å². The van der Waals surface area contributed by atoms with Crippen molar-refractivity contribution in [3.05, 3.63) is 119 Å². The van der Waals surface area contributed by atoms with Crippen molar-refractivity contribution >= 4 is 6.09 Å². The molecule has 1 fully saturated rings. The summed E-state index contributed by atoms with van der Waals surface area (Å²) in [4.78, 5) is 15.4. The van der Waals surface area contributed by atoms with E-state index in [0.29, 0.717) is 23.3 Å². The van der Waals surface area contributed by atoms with Crippen molar-refractivity contribution in [2.75, 3.05) is 19.8 Å². The third-order valence-electron chi connectivity index (χ3n) is 8.62. The van der Waals surface area contributed by atoms with Gasteiger partial charge in [0.05, 0.1) is 48.1 Å². The maximum absolute atomic E-state index is 14.0. The summed E-state index contributed by atoms with van der Waals surface area (Å²) in [5.74, 6) is 0. The Morgan fingerprint density at radius 3 is 2.02 bits per heavy atom. The normalized spacial score (nSPS) is 21.0. The highest BCUT2D eigenvalue weighted by Gasteiger charge is 2.53. The number of likely N-dealkylation sites (tertiary alicyclic amines) is 1. The van der Waals surface area contributed by atoms with Crippen LogP contribution in [-0.2, 0) is 39.5 Å². The summed E-state index contributed by atoms with van der Waals surface area (Å²) in [6.45, 7) is 0.440. The lowest BCUT2D eigenvalue weighted by molar-refractivity contribution is -0.143. The molecule has 2 heterocycles. The Bertz CT molecular complexity index is 1600. The molecular weight excluding hydrogens is 630 g/mol. The lowest BCUT2D eigenvalue weighted by Crippen LogP contribution is -2.63. The van der Waals surface area contributed by atoms with Crippen molar-refractivity contribution in [3.63, 3.8) is 0 Å². The van der Waals surface area contributed by atoms with Crippen LogP contribution < -0.4 is 0 Å². The van der Waals surface area contributed by atoms with Crippen molar-refractivity contribution < 1.29 is 45.7 Å². The highest BCUT2D eigenvalue weighted by molar-refractivity contribution is 5.70. The summed E-state index contributed by atoms with van der Waals surface area (Å²) in [5, 5.41) is 18.4.